The first kappa shape index (κ1) is 16.5. The van der Waals surface area contributed by atoms with E-state index in [1.54, 1.807) is 0 Å². The molecule has 0 amide bonds. The fourth-order valence-electron chi connectivity index (χ4n) is 3.30. The second-order valence-electron chi connectivity index (χ2n) is 8.12. The molecule has 0 aliphatic carbocycles. The van der Waals surface area contributed by atoms with E-state index in [2.05, 4.69) is 63.8 Å². The number of likely N-dealkylation sites (tertiary alicyclic amines) is 1. The Morgan fingerprint density at radius 3 is 2.10 bits per heavy atom. The van der Waals surface area contributed by atoms with Crippen molar-refractivity contribution in [3.63, 3.8) is 0 Å². The molecule has 1 aliphatic rings. The lowest BCUT2D eigenvalue weighted by atomic mass is 9.86. The molecule has 1 aromatic carbocycles. The molecule has 1 nitrogen and oxygen atoms in total. The zero-order valence-electron chi connectivity index (χ0n) is 14.7. The van der Waals surface area contributed by atoms with Crippen LogP contribution >= 0.6 is 0 Å². The Morgan fingerprint density at radius 2 is 1.62 bits per heavy atom. The molecule has 21 heavy (non-hydrogen) atoms. The Balaban J connectivity index is 1.79. The van der Waals surface area contributed by atoms with Crippen LogP contribution in [0.25, 0.3) is 0 Å². The van der Waals surface area contributed by atoms with Gasteiger partial charge >= 0.3 is 0 Å². The van der Waals surface area contributed by atoms with E-state index in [-0.39, 0.29) is 5.41 Å². The average Bonchev–Trinajstić information content (AvgIpc) is 2.45. The lowest BCUT2D eigenvalue weighted by molar-refractivity contribution is 0.159. The van der Waals surface area contributed by atoms with E-state index in [4.69, 9.17) is 0 Å². The summed E-state index contributed by atoms with van der Waals surface area (Å²) in [6.45, 7) is 15.4. The molecule has 0 aromatic heterocycles. The van der Waals surface area contributed by atoms with Crippen LogP contribution in [-0.2, 0) is 11.8 Å². The maximum Gasteiger partial charge on any atom is 0.00218 e. The van der Waals surface area contributed by atoms with Crippen LogP contribution in [0.3, 0.4) is 0 Å². The molecule has 1 saturated heterocycles. The van der Waals surface area contributed by atoms with Crippen LogP contribution in [0.5, 0.6) is 0 Å². The van der Waals surface area contributed by atoms with E-state index in [1.807, 2.05) is 0 Å². The topological polar surface area (TPSA) is 3.24 Å². The first-order valence-electron chi connectivity index (χ1n) is 8.68. The van der Waals surface area contributed by atoms with Gasteiger partial charge in [0.15, 0.2) is 0 Å². The van der Waals surface area contributed by atoms with Crippen LogP contribution < -0.4 is 0 Å². The highest BCUT2D eigenvalue weighted by Gasteiger charge is 2.21. The Hall–Kier alpha value is -0.820. The lowest BCUT2D eigenvalue weighted by Gasteiger charge is -2.33. The van der Waals surface area contributed by atoms with Gasteiger partial charge in [0.1, 0.15) is 0 Å². The van der Waals surface area contributed by atoms with Crippen LogP contribution in [0.2, 0.25) is 0 Å². The molecule has 1 fully saturated rings. The standard InChI is InChI=1S/C20H33N/c1-16(2)18-11-14-21(15-12-18)13-10-17-6-8-19(9-7-17)20(3,4)5/h6-9,16,18H,10-15H2,1-5H3. The number of nitrogens with zero attached hydrogens (tertiary/aromatic N) is 1. The number of rotatable bonds is 4. The van der Waals surface area contributed by atoms with Gasteiger partial charge in [-0.3, -0.25) is 0 Å². The molecule has 0 atom stereocenters. The zero-order chi connectivity index (χ0) is 15.5. The molecule has 0 radical (unpaired) electrons. The van der Waals surface area contributed by atoms with Gasteiger partial charge in [0.05, 0.1) is 0 Å². The van der Waals surface area contributed by atoms with Gasteiger partial charge in [-0.25, -0.2) is 0 Å². The van der Waals surface area contributed by atoms with E-state index in [1.165, 1.54) is 50.0 Å². The Labute approximate surface area is 131 Å². The summed E-state index contributed by atoms with van der Waals surface area (Å²) in [4.78, 5) is 2.65. The van der Waals surface area contributed by atoms with E-state index in [0.717, 1.165) is 11.8 Å². The highest BCUT2D eigenvalue weighted by atomic mass is 15.1. The van der Waals surface area contributed by atoms with Crippen molar-refractivity contribution in [1.82, 2.24) is 4.90 Å². The number of benzene rings is 1. The molecule has 0 unspecified atom stereocenters. The molecule has 1 aliphatic heterocycles. The summed E-state index contributed by atoms with van der Waals surface area (Å²) in [5.41, 5.74) is 3.18. The quantitative estimate of drug-likeness (QED) is 0.761. The monoisotopic (exact) mass is 287 g/mol. The Bertz CT molecular complexity index is 416. The summed E-state index contributed by atoms with van der Waals surface area (Å²) in [6, 6.07) is 9.25. The normalized spacial score (nSPS) is 18.4. The molecule has 0 N–H and O–H groups in total. The van der Waals surface area contributed by atoms with E-state index >= 15 is 0 Å². The van der Waals surface area contributed by atoms with E-state index < -0.39 is 0 Å². The SMILES string of the molecule is CC(C)C1CCN(CCc2ccc(C(C)(C)C)cc2)CC1. The zero-order valence-corrected chi connectivity index (χ0v) is 14.7. The minimum Gasteiger partial charge on any atom is -0.303 e. The highest BCUT2D eigenvalue weighted by Crippen LogP contribution is 2.25. The van der Waals surface area contributed by atoms with Crippen LogP contribution in [0, 0.1) is 11.8 Å². The predicted octanol–water partition coefficient (Wildman–Crippen LogP) is 4.89. The molecular weight excluding hydrogens is 254 g/mol. The minimum atomic E-state index is 0.261. The summed E-state index contributed by atoms with van der Waals surface area (Å²) in [5.74, 6) is 1.81. The van der Waals surface area contributed by atoms with Crippen LogP contribution in [0.4, 0.5) is 0 Å². The van der Waals surface area contributed by atoms with Gasteiger partial charge in [0.2, 0.25) is 0 Å². The van der Waals surface area contributed by atoms with Gasteiger partial charge in [0.25, 0.3) is 0 Å². The minimum absolute atomic E-state index is 0.261. The number of hydrogen-bond donors (Lipinski definition) is 0. The van der Waals surface area contributed by atoms with Gasteiger partial charge in [0, 0.05) is 6.54 Å². The molecule has 1 heteroatoms. The summed E-state index contributed by atoms with van der Waals surface area (Å²) in [7, 11) is 0. The molecule has 1 heterocycles. The molecule has 0 bridgehead atoms. The summed E-state index contributed by atoms with van der Waals surface area (Å²) >= 11 is 0. The second kappa shape index (κ2) is 6.96. The maximum atomic E-state index is 2.65. The third-order valence-corrected chi connectivity index (χ3v) is 5.11. The molecule has 118 valence electrons. The summed E-state index contributed by atoms with van der Waals surface area (Å²) in [5, 5.41) is 0. The van der Waals surface area contributed by atoms with Gasteiger partial charge in [-0.05, 0) is 60.7 Å². The second-order valence-corrected chi connectivity index (χ2v) is 8.12. The summed E-state index contributed by atoms with van der Waals surface area (Å²) < 4.78 is 0. The van der Waals surface area contributed by atoms with Gasteiger partial charge < -0.3 is 4.90 Å². The molecule has 0 saturated carbocycles. The average molecular weight is 287 g/mol. The van der Waals surface area contributed by atoms with Gasteiger partial charge in [-0.2, -0.15) is 0 Å². The largest absolute Gasteiger partial charge is 0.303 e. The predicted molar refractivity (Wildman–Crippen MR) is 92.8 cm³/mol. The van der Waals surface area contributed by atoms with Crippen LogP contribution in [0.1, 0.15) is 58.6 Å². The van der Waals surface area contributed by atoms with Crippen LogP contribution in [-0.4, -0.2) is 24.5 Å². The number of piperidine rings is 1. The van der Waals surface area contributed by atoms with E-state index in [0.29, 0.717) is 0 Å². The Morgan fingerprint density at radius 1 is 1.05 bits per heavy atom. The number of hydrogen-bond acceptors (Lipinski definition) is 1. The van der Waals surface area contributed by atoms with Crippen molar-refractivity contribution in [1.29, 1.82) is 0 Å². The van der Waals surface area contributed by atoms with Gasteiger partial charge in [-0.1, -0.05) is 58.9 Å². The first-order chi connectivity index (χ1) is 9.86. The summed E-state index contributed by atoms with van der Waals surface area (Å²) in [6.07, 6.45) is 3.97. The van der Waals surface area contributed by atoms with Crippen molar-refractivity contribution in [3.8, 4) is 0 Å². The van der Waals surface area contributed by atoms with Crippen molar-refractivity contribution < 1.29 is 0 Å². The van der Waals surface area contributed by atoms with Gasteiger partial charge in [-0.15, -0.1) is 0 Å². The van der Waals surface area contributed by atoms with Crippen molar-refractivity contribution in [2.75, 3.05) is 19.6 Å². The molecular formula is C20H33N. The molecule has 0 spiro atoms. The van der Waals surface area contributed by atoms with E-state index in [9.17, 15) is 0 Å². The molecule has 1 aromatic rings. The maximum absolute atomic E-state index is 2.65. The Kier molecular flexibility index (Phi) is 5.48. The first-order valence-corrected chi connectivity index (χ1v) is 8.68. The molecule has 2 rings (SSSR count). The van der Waals surface area contributed by atoms with Crippen molar-refractivity contribution in [2.24, 2.45) is 11.8 Å². The smallest absolute Gasteiger partial charge is 0.00218 e. The van der Waals surface area contributed by atoms with Crippen molar-refractivity contribution >= 4 is 0 Å². The fourth-order valence-corrected chi connectivity index (χ4v) is 3.30. The lowest BCUT2D eigenvalue weighted by Crippen LogP contribution is -2.36. The third kappa shape index (κ3) is 4.85. The van der Waals surface area contributed by atoms with Crippen molar-refractivity contribution in [3.05, 3.63) is 35.4 Å². The third-order valence-electron chi connectivity index (χ3n) is 5.11. The highest BCUT2D eigenvalue weighted by molar-refractivity contribution is 5.27. The fraction of sp³-hybridized carbons (Fsp3) is 0.700. The van der Waals surface area contributed by atoms with Crippen LogP contribution in [0.15, 0.2) is 24.3 Å². The van der Waals surface area contributed by atoms with Crippen molar-refractivity contribution in [2.45, 2.75) is 59.3 Å².